The first-order chi connectivity index (χ1) is 12.7. The van der Waals surface area contributed by atoms with Gasteiger partial charge in [0.2, 0.25) is 0 Å². The van der Waals surface area contributed by atoms with Gasteiger partial charge in [-0.15, -0.1) is 0 Å². The van der Waals surface area contributed by atoms with Crippen LogP contribution in [0.1, 0.15) is 26.2 Å². The van der Waals surface area contributed by atoms with Gasteiger partial charge in [-0.05, 0) is 19.3 Å². The van der Waals surface area contributed by atoms with Crippen LogP contribution < -0.4 is 5.69 Å². The van der Waals surface area contributed by atoms with Crippen LogP contribution in [0.15, 0.2) is 41.3 Å². The summed E-state index contributed by atoms with van der Waals surface area (Å²) >= 11 is 0. The molecule has 1 aliphatic heterocycles. The van der Waals surface area contributed by atoms with Gasteiger partial charge in [0, 0.05) is 25.2 Å². The second-order valence-electron chi connectivity index (χ2n) is 6.51. The van der Waals surface area contributed by atoms with Gasteiger partial charge in [0.05, 0.1) is 6.20 Å². The lowest BCUT2D eigenvalue weighted by molar-refractivity contribution is 0.210. The van der Waals surface area contributed by atoms with Crippen LogP contribution in [0.3, 0.4) is 0 Å². The highest BCUT2D eigenvalue weighted by molar-refractivity contribution is 5.88. The summed E-state index contributed by atoms with van der Waals surface area (Å²) in [4.78, 5) is 36.6. The molecule has 1 aromatic carbocycles. The number of carbonyl (C=O) groups excluding carboxylic acids is 1. The van der Waals surface area contributed by atoms with E-state index < -0.39 is 0 Å². The number of hydrogen-bond acceptors (Lipinski definition) is 4. The third-order valence-electron chi connectivity index (χ3n) is 4.72. The molecule has 4 rings (SSSR count). The molecule has 1 aliphatic rings. The quantitative estimate of drug-likeness (QED) is 0.727. The van der Waals surface area contributed by atoms with E-state index in [0.29, 0.717) is 36.6 Å². The van der Waals surface area contributed by atoms with Gasteiger partial charge >= 0.3 is 11.7 Å². The van der Waals surface area contributed by atoms with Gasteiger partial charge in [0.25, 0.3) is 0 Å². The second-order valence-corrected chi connectivity index (χ2v) is 6.51. The fourth-order valence-corrected chi connectivity index (χ4v) is 3.42. The van der Waals surface area contributed by atoms with Gasteiger partial charge in [0.1, 0.15) is 5.52 Å². The van der Waals surface area contributed by atoms with Crippen molar-refractivity contribution in [2.45, 2.75) is 32.7 Å². The Kier molecular flexibility index (Phi) is 4.28. The zero-order valence-electron chi connectivity index (χ0n) is 14.8. The van der Waals surface area contributed by atoms with Gasteiger partial charge in [-0.25, -0.2) is 24.1 Å². The summed E-state index contributed by atoms with van der Waals surface area (Å²) < 4.78 is 2.81. The van der Waals surface area contributed by atoms with Crippen LogP contribution in [-0.2, 0) is 6.54 Å². The zero-order chi connectivity index (χ0) is 18.1. The highest BCUT2D eigenvalue weighted by Gasteiger charge is 2.26. The molecule has 26 heavy (non-hydrogen) atoms. The molecule has 1 saturated heterocycles. The predicted molar refractivity (Wildman–Crippen MR) is 99.1 cm³/mol. The molecule has 7 heteroatoms. The van der Waals surface area contributed by atoms with Crippen LogP contribution in [0.25, 0.3) is 22.6 Å². The highest BCUT2D eigenvalue weighted by atomic mass is 16.2. The maximum atomic E-state index is 12.9. The average Bonchev–Trinajstić information content (AvgIpc) is 3.30. The molecule has 0 N–H and O–H groups in total. The van der Waals surface area contributed by atoms with E-state index in [1.54, 1.807) is 15.7 Å². The van der Waals surface area contributed by atoms with E-state index in [9.17, 15) is 9.59 Å². The third-order valence-corrected chi connectivity index (χ3v) is 4.72. The molecule has 0 aliphatic carbocycles. The number of hydrogen-bond donors (Lipinski definition) is 0. The Bertz CT molecular complexity index is 1000. The molecule has 0 atom stereocenters. The van der Waals surface area contributed by atoms with Crippen molar-refractivity contribution in [1.29, 1.82) is 0 Å². The number of aryl methyl sites for hydroxylation is 1. The van der Waals surface area contributed by atoms with Crippen molar-refractivity contribution in [2.75, 3.05) is 13.1 Å². The fraction of sp³-hybridized carbons (Fsp3) is 0.368. The minimum Gasteiger partial charge on any atom is -0.324 e. The Morgan fingerprint density at radius 3 is 2.58 bits per heavy atom. The van der Waals surface area contributed by atoms with Gasteiger partial charge in [-0.1, -0.05) is 37.3 Å². The van der Waals surface area contributed by atoms with Crippen LogP contribution in [0.4, 0.5) is 4.79 Å². The smallest absolute Gasteiger partial charge is 0.324 e. The van der Waals surface area contributed by atoms with Crippen LogP contribution in [0.2, 0.25) is 0 Å². The molecule has 0 radical (unpaired) electrons. The number of fused-ring (bicyclic) bond motifs is 1. The van der Waals surface area contributed by atoms with Crippen molar-refractivity contribution in [3.05, 3.63) is 47.0 Å². The molecule has 1 amide bonds. The number of aromatic nitrogens is 4. The van der Waals surface area contributed by atoms with Crippen molar-refractivity contribution in [1.82, 2.24) is 24.0 Å². The minimum absolute atomic E-state index is 0.275. The van der Waals surface area contributed by atoms with Crippen molar-refractivity contribution < 1.29 is 4.79 Å². The topological polar surface area (TPSA) is 73.0 Å². The largest absolute Gasteiger partial charge is 0.338 e. The van der Waals surface area contributed by atoms with Crippen LogP contribution in [0.5, 0.6) is 0 Å². The maximum Gasteiger partial charge on any atom is 0.338 e. The van der Waals surface area contributed by atoms with E-state index >= 15 is 0 Å². The summed E-state index contributed by atoms with van der Waals surface area (Å²) in [6.45, 7) is 3.89. The Labute approximate surface area is 150 Å². The molecular weight excluding hydrogens is 330 g/mol. The number of imidazole rings is 1. The summed E-state index contributed by atoms with van der Waals surface area (Å²) in [5.41, 5.74) is 1.53. The second kappa shape index (κ2) is 6.74. The van der Waals surface area contributed by atoms with Crippen LogP contribution >= 0.6 is 0 Å². The van der Waals surface area contributed by atoms with E-state index in [-0.39, 0.29) is 11.7 Å². The molecule has 7 nitrogen and oxygen atoms in total. The molecule has 0 saturated carbocycles. The zero-order valence-corrected chi connectivity index (χ0v) is 14.8. The Hall–Kier alpha value is -2.96. The Balaban J connectivity index is 1.89. The molecule has 0 spiro atoms. The Morgan fingerprint density at radius 1 is 1.15 bits per heavy atom. The molecule has 0 unspecified atom stereocenters. The summed E-state index contributed by atoms with van der Waals surface area (Å²) in [6.07, 6.45) is 4.32. The molecule has 1 fully saturated rings. The van der Waals surface area contributed by atoms with E-state index in [1.807, 2.05) is 37.3 Å². The predicted octanol–water partition coefficient (Wildman–Crippen LogP) is 2.73. The molecule has 134 valence electrons. The summed E-state index contributed by atoms with van der Waals surface area (Å²) in [6, 6.07) is 9.35. The number of carbonyl (C=O) groups is 1. The molecule has 3 aromatic rings. The van der Waals surface area contributed by atoms with Crippen LogP contribution in [-0.4, -0.2) is 43.1 Å². The summed E-state index contributed by atoms with van der Waals surface area (Å²) in [7, 11) is 0. The van der Waals surface area contributed by atoms with Gasteiger partial charge in [0.15, 0.2) is 11.5 Å². The van der Waals surface area contributed by atoms with Crippen molar-refractivity contribution in [2.24, 2.45) is 0 Å². The van der Waals surface area contributed by atoms with E-state index in [2.05, 4.69) is 9.97 Å². The molecular formula is C19H21N5O2. The third kappa shape index (κ3) is 2.69. The minimum atomic E-state index is -0.335. The number of likely N-dealkylation sites (tertiary alicyclic amines) is 1. The molecule has 3 heterocycles. The van der Waals surface area contributed by atoms with Crippen molar-refractivity contribution >= 4 is 17.2 Å². The molecule has 2 aromatic heterocycles. The van der Waals surface area contributed by atoms with Crippen molar-refractivity contribution in [3.8, 4) is 11.4 Å². The number of nitrogens with zero attached hydrogens (tertiary/aromatic N) is 5. The number of benzene rings is 1. The monoisotopic (exact) mass is 351 g/mol. The maximum absolute atomic E-state index is 12.9. The van der Waals surface area contributed by atoms with Gasteiger partial charge in [-0.3, -0.25) is 4.57 Å². The average molecular weight is 351 g/mol. The van der Waals surface area contributed by atoms with Gasteiger partial charge < -0.3 is 4.90 Å². The SMILES string of the molecule is CCCn1c(=O)n(C(=O)N2CCCC2)c2cnc(-c3ccccc3)nc21. The van der Waals surface area contributed by atoms with Crippen molar-refractivity contribution in [3.63, 3.8) is 0 Å². The standard InChI is InChI=1S/C19H21N5O2/c1-2-10-23-17-15(13-20-16(21-17)14-8-4-3-5-9-14)24(19(23)26)18(25)22-11-6-7-12-22/h3-5,8-9,13H,2,6-7,10-12H2,1H3. The molecule has 0 bridgehead atoms. The summed E-state index contributed by atoms with van der Waals surface area (Å²) in [5.74, 6) is 0.550. The van der Waals surface area contributed by atoms with E-state index in [1.165, 1.54) is 4.57 Å². The van der Waals surface area contributed by atoms with Gasteiger partial charge in [-0.2, -0.15) is 0 Å². The normalized spacial score (nSPS) is 14.3. The lowest BCUT2D eigenvalue weighted by Gasteiger charge is -2.14. The van der Waals surface area contributed by atoms with E-state index in [0.717, 1.165) is 24.8 Å². The fourth-order valence-electron chi connectivity index (χ4n) is 3.42. The lowest BCUT2D eigenvalue weighted by Crippen LogP contribution is -2.38. The first-order valence-corrected chi connectivity index (χ1v) is 9.03. The Morgan fingerprint density at radius 2 is 1.88 bits per heavy atom. The number of amides is 1. The first kappa shape index (κ1) is 16.5. The lowest BCUT2D eigenvalue weighted by atomic mass is 10.2. The summed E-state index contributed by atoms with van der Waals surface area (Å²) in [5, 5.41) is 0. The van der Waals surface area contributed by atoms with E-state index in [4.69, 9.17) is 0 Å². The van der Waals surface area contributed by atoms with Crippen LogP contribution in [0, 0.1) is 0 Å². The number of rotatable bonds is 3. The highest BCUT2D eigenvalue weighted by Crippen LogP contribution is 2.19. The first-order valence-electron chi connectivity index (χ1n) is 9.03.